The molecule has 17 heavy (non-hydrogen) atoms. The molecule has 4 nitrogen and oxygen atoms in total. The highest BCUT2D eigenvalue weighted by Crippen LogP contribution is 2.17. The van der Waals surface area contributed by atoms with Crippen LogP contribution in [0.1, 0.15) is 18.1 Å². The van der Waals surface area contributed by atoms with Crippen molar-refractivity contribution >= 4 is 19.8 Å². The Hall–Kier alpha value is -0.880. The molecule has 1 atom stereocenters. The third-order valence-electron chi connectivity index (χ3n) is 2.28. The van der Waals surface area contributed by atoms with Gasteiger partial charge in [0.2, 0.25) is 0 Å². The first-order valence-corrected chi connectivity index (χ1v) is 8.74. The molecule has 0 aromatic heterocycles. The monoisotopic (exact) mass is 275 g/mol. The van der Waals surface area contributed by atoms with E-state index < -0.39 is 19.8 Å². The predicted octanol–water partition coefficient (Wildman–Crippen LogP) is 2.11. The zero-order valence-corrected chi connectivity index (χ0v) is 12.1. The van der Waals surface area contributed by atoms with Gasteiger partial charge in [-0.3, -0.25) is 0 Å². The summed E-state index contributed by atoms with van der Waals surface area (Å²) in [6.07, 6.45) is 1.35. The molecule has 0 aliphatic heterocycles. The van der Waals surface area contributed by atoms with E-state index in [1.54, 1.807) is 6.92 Å². The van der Waals surface area contributed by atoms with E-state index in [0.717, 1.165) is 11.1 Å². The number of benzene rings is 1. The van der Waals surface area contributed by atoms with Gasteiger partial charge in [0.1, 0.15) is 0 Å². The molecule has 0 saturated heterocycles. The lowest BCUT2D eigenvalue weighted by atomic mass is 10.2. The van der Waals surface area contributed by atoms with E-state index in [1.807, 2.05) is 19.9 Å². The van der Waals surface area contributed by atoms with Crippen molar-refractivity contribution in [1.82, 2.24) is 0 Å². The van der Waals surface area contributed by atoms with E-state index in [2.05, 4.69) is 3.77 Å². The molecule has 0 spiro atoms. The second-order valence-electron chi connectivity index (χ2n) is 4.12. The lowest BCUT2D eigenvalue weighted by Crippen LogP contribution is -2.06. The number of sulfonamides is 1. The van der Waals surface area contributed by atoms with Gasteiger partial charge >= 0.3 is 0 Å². The summed E-state index contributed by atoms with van der Waals surface area (Å²) in [5.41, 5.74) is 1.69. The Morgan fingerprint density at radius 1 is 1.06 bits per heavy atom. The molecule has 1 aromatic rings. The van der Waals surface area contributed by atoms with Crippen molar-refractivity contribution in [3.8, 4) is 0 Å². The van der Waals surface area contributed by atoms with E-state index in [-0.39, 0.29) is 10.6 Å². The van der Waals surface area contributed by atoms with Crippen molar-refractivity contribution in [3.63, 3.8) is 0 Å². The molecule has 1 aromatic carbocycles. The summed E-state index contributed by atoms with van der Waals surface area (Å²) < 4.78 is 39.2. The van der Waals surface area contributed by atoms with E-state index in [1.165, 1.54) is 18.4 Å². The van der Waals surface area contributed by atoms with Crippen LogP contribution in [0.5, 0.6) is 0 Å². The molecular formula is C11H17NO3S2. The molecule has 0 saturated carbocycles. The first-order valence-electron chi connectivity index (χ1n) is 5.21. The Morgan fingerprint density at radius 2 is 1.53 bits per heavy atom. The SMILES string of the molecule is CCS(C)(=O)=NS(=O)(=O)c1cc(C)cc(C)c1. The number of hydrogen-bond acceptors (Lipinski definition) is 3. The number of nitrogens with zero attached hydrogens (tertiary/aromatic N) is 1. The molecule has 1 rings (SSSR count). The summed E-state index contributed by atoms with van der Waals surface area (Å²) in [6, 6.07) is 4.95. The summed E-state index contributed by atoms with van der Waals surface area (Å²) in [7, 11) is -6.49. The van der Waals surface area contributed by atoms with Gasteiger partial charge in [0.15, 0.2) is 0 Å². The molecule has 0 aliphatic carbocycles. The van der Waals surface area contributed by atoms with E-state index in [0.29, 0.717) is 0 Å². The van der Waals surface area contributed by atoms with Crippen LogP contribution in [0.2, 0.25) is 0 Å². The normalized spacial score (nSPS) is 15.3. The molecule has 0 N–H and O–H groups in total. The summed E-state index contributed by atoms with van der Waals surface area (Å²) in [4.78, 5) is 0.109. The topological polar surface area (TPSA) is 63.6 Å². The fraction of sp³-hybridized carbons (Fsp3) is 0.455. The standard InChI is InChI=1S/C11H17NO3S2/c1-5-16(4,13)12-17(14,15)11-7-9(2)6-10(3)8-11/h6-8H,5H2,1-4H3. The average Bonchev–Trinajstić information content (AvgIpc) is 2.14. The lowest BCUT2D eigenvalue weighted by Gasteiger charge is -2.04. The third-order valence-corrected chi connectivity index (χ3v) is 6.23. The predicted molar refractivity (Wildman–Crippen MR) is 70.1 cm³/mol. The average molecular weight is 275 g/mol. The maximum absolute atomic E-state index is 12.0. The van der Waals surface area contributed by atoms with Gasteiger partial charge < -0.3 is 0 Å². The van der Waals surface area contributed by atoms with Crippen LogP contribution in [0, 0.1) is 13.8 Å². The summed E-state index contributed by atoms with van der Waals surface area (Å²) in [5.74, 6) is 0.219. The number of rotatable bonds is 3. The molecule has 96 valence electrons. The molecule has 0 radical (unpaired) electrons. The van der Waals surface area contributed by atoms with Crippen molar-refractivity contribution in [1.29, 1.82) is 0 Å². The summed E-state index contributed by atoms with van der Waals surface area (Å²) >= 11 is 0. The van der Waals surface area contributed by atoms with Gasteiger partial charge in [-0.15, -0.1) is 3.77 Å². The van der Waals surface area contributed by atoms with E-state index in [4.69, 9.17) is 0 Å². The Kier molecular flexibility index (Phi) is 3.99. The smallest absolute Gasteiger partial charge is 0.249 e. The lowest BCUT2D eigenvalue weighted by molar-refractivity contribution is 0.598. The van der Waals surface area contributed by atoms with E-state index >= 15 is 0 Å². The van der Waals surface area contributed by atoms with Crippen molar-refractivity contribution in [2.75, 3.05) is 12.0 Å². The van der Waals surface area contributed by atoms with Crippen LogP contribution >= 0.6 is 0 Å². The molecule has 0 heterocycles. The minimum absolute atomic E-state index is 0.109. The third kappa shape index (κ3) is 3.81. The first kappa shape index (κ1) is 14.2. The van der Waals surface area contributed by atoms with Crippen LogP contribution < -0.4 is 0 Å². The minimum atomic E-state index is -3.83. The van der Waals surface area contributed by atoms with Crippen LogP contribution in [-0.4, -0.2) is 24.6 Å². The van der Waals surface area contributed by atoms with Gasteiger partial charge in [-0.2, -0.15) is 8.42 Å². The number of hydrogen-bond donors (Lipinski definition) is 0. The van der Waals surface area contributed by atoms with Crippen LogP contribution in [0.15, 0.2) is 26.9 Å². The zero-order valence-electron chi connectivity index (χ0n) is 10.4. The quantitative estimate of drug-likeness (QED) is 0.848. The fourth-order valence-electron chi connectivity index (χ4n) is 1.39. The highest BCUT2D eigenvalue weighted by atomic mass is 32.3. The van der Waals surface area contributed by atoms with Gasteiger partial charge in [0.25, 0.3) is 10.0 Å². The Balaban J connectivity index is 3.43. The van der Waals surface area contributed by atoms with Crippen LogP contribution in [0.4, 0.5) is 0 Å². The summed E-state index contributed by atoms with van der Waals surface area (Å²) in [5, 5.41) is 0. The largest absolute Gasteiger partial charge is 0.290 e. The number of aryl methyl sites for hydroxylation is 2. The maximum Gasteiger partial charge on any atom is 0.290 e. The molecule has 0 amide bonds. The fourth-order valence-corrected chi connectivity index (χ4v) is 4.48. The van der Waals surface area contributed by atoms with Gasteiger partial charge in [-0.25, -0.2) is 4.21 Å². The molecule has 0 aliphatic rings. The van der Waals surface area contributed by atoms with Gasteiger partial charge in [-0.1, -0.05) is 13.0 Å². The van der Waals surface area contributed by atoms with Gasteiger partial charge in [0.05, 0.1) is 14.6 Å². The Labute approximate surface area is 103 Å². The van der Waals surface area contributed by atoms with Gasteiger partial charge in [0, 0.05) is 12.0 Å². The van der Waals surface area contributed by atoms with Crippen molar-refractivity contribution in [3.05, 3.63) is 29.3 Å². The summed E-state index contributed by atoms with van der Waals surface area (Å²) in [6.45, 7) is 5.28. The van der Waals surface area contributed by atoms with Crippen LogP contribution in [0.25, 0.3) is 0 Å². The second kappa shape index (κ2) is 4.78. The first-order chi connectivity index (χ1) is 7.66. The van der Waals surface area contributed by atoms with Crippen LogP contribution in [0.3, 0.4) is 0 Å². The van der Waals surface area contributed by atoms with Crippen molar-refractivity contribution in [2.45, 2.75) is 25.7 Å². The highest BCUT2D eigenvalue weighted by Gasteiger charge is 2.16. The molecular weight excluding hydrogens is 258 g/mol. The minimum Gasteiger partial charge on any atom is -0.249 e. The van der Waals surface area contributed by atoms with E-state index in [9.17, 15) is 12.6 Å². The van der Waals surface area contributed by atoms with Gasteiger partial charge in [-0.05, 0) is 37.1 Å². The Bertz CT molecular complexity index is 618. The zero-order chi connectivity index (χ0) is 13.3. The molecule has 6 heteroatoms. The maximum atomic E-state index is 12.0. The molecule has 0 bridgehead atoms. The second-order valence-corrected chi connectivity index (χ2v) is 8.64. The van der Waals surface area contributed by atoms with Crippen LogP contribution in [-0.2, 0) is 19.8 Å². The highest BCUT2D eigenvalue weighted by molar-refractivity contribution is 8.02. The van der Waals surface area contributed by atoms with Crippen molar-refractivity contribution in [2.24, 2.45) is 3.77 Å². The Morgan fingerprint density at radius 3 is 1.94 bits per heavy atom. The molecule has 1 unspecified atom stereocenters. The molecule has 0 fully saturated rings. The van der Waals surface area contributed by atoms with Crippen molar-refractivity contribution < 1.29 is 12.6 Å².